The molecule has 1 aliphatic rings. The van der Waals surface area contributed by atoms with E-state index in [9.17, 15) is 13.5 Å². The first-order chi connectivity index (χ1) is 6.86. The van der Waals surface area contributed by atoms with Gasteiger partial charge in [-0.25, -0.2) is 8.42 Å². The molecule has 1 rings (SSSR count). The summed E-state index contributed by atoms with van der Waals surface area (Å²) in [6.07, 6.45) is -0.0199. The Morgan fingerprint density at radius 1 is 1.53 bits per heavy atom. The van der Waals surface area contributed by atoms with Gasteiger partial charge < -0.3 is 10.0 Å². The van der Waals surface area contributed by atoms with E-state index in [0.29, 0.717) is 13.0 Å². The van der Waals surface area contributed by atoms with Crippen LogP contribution >= 0.6 is 15.9 Å². The van der Waals surface area contributed by atoms with Gasteiger partial charge in [-0.2, -0.15) is 4.31 Å². The first-order valence-corrected chi connectivity index (χ1v) is 7.48. The van der Waals surface area contributed by atoms with E-state index in [1.54, 1.807) is 0 Å². The molecule has 5 nitrogen and oxygen atoms in total. The summed E-state index contributed by atoms with van der Waals surface area (Å²) in [4.78, 5) is 1.93. The predicted octanol–water partition coefficient (Wildman–Crippen LogP) is -0.335. The zero-order valence-electron chi connectivity index (χ0n) is 8.93. The molecule has 1 aliphatic heterocycles. The molecular formula is C8H17BrN2O3S. The van der Waals surface area contributed by atoms with Crippen molar-refractivity contribution in [2.75, 3.05) is 31.8 Å². The lowest BCUT2D eigenvalue weighted by Gasteiger charge is -2.25. The van der Waals surface area contributed by atoms with E-state index in [1.165, 1.54) is 4.31 Å². The zero-order chi connectivity index (χ0) is 11.6. The van der Waals surface area contributed by atoms with Crippen LogP contribution in [0.2, 0.25) is 0 Å². The molecule has 2 atom stereocenters. The summed E-state index contributed by atoms with van der Waals surface area (Å²) >= 11 is 2.97. The summed E-state index contributed by atoms with van der Waals surface area (Å²) < 4.78 is 24.7. The minimum absolute atomic E-state index is 0.0867. The molecule has 0 amide bonds. The van der Waals surface area contributed by atoms with Gasteiger partial charge in [0.15, 0.2) is 0 Å². The average molecular weight is 301 g/mol. The van der Waals surface area contributed by atoms with Gasteiger partial charge in [-0.1, -0.05) is 15.9 Å². The van der Waals surface area contributed by atoms with Gasteiger partial charge >= 0.3 is 0 Å². The van der Waals surface area contributed by atoms with Crippen LogP contribution in [-0.2, 0) is 10.0 Å². The fourth-order valence-electron chi connectivity index (χ4n) is 1.85. The molecule has 0 aliphatic carbocycles. The summed E-state index contributed by atoms with van der Waals surface area (Å²) in [5.41, 5.74) is 0. The third kappa shape index (κ3) is 3.39. The predicted molar refractivity (Wildman–Crippen MR) is 62.4 cm³/mol. The van der Waals surface area contributed by atoms with Crippen LogP contribution < -0.4 is 0 Å². The number of hydrogen-bond acceptors (Lipinski definition) is 4. The second-order valence-corrected chi connectivity index (χ2v) is 7.32. The van der Waals surface area contributed by atoms with E-state index >= 15 is 0 Å². The molecule has 0 aromatic carbocycles. The van der Waals surface area contributed by atoms with Crippen molar-refractivity contribution >= 4 is 26.0 Å². The molecular weight excluding hydrogens is 284 g/mol. The van der Waals surface area contributed by atoms with Crippen LogP contribution in [0.1, 0.15) is 6.42 Å². The van der Waals surface area contributed by atoms with Crippen LogP contribution in [0.15, 0.2) is 0 Å². The van der Waals surface area contributed by atoms with Crippen LogP contribution in [0, 0.1) is 0 Å². The van der Waals surface area contributed by atoms with Crippen molar-refractivity contribution in [3.63, 3.8) is 0 Å². The number of β-amino-alcohol motifs (C(OH)–C–C–N with tert-alkyl or cyclic N) is 1. The quantitative estimate of drug-likeness (QED) is 0.722. The zero-order valence-corrected chi connectivity index (χ0v) is 11.3. The van der Waals surface area contributed by atoms with Crippen LogP contribution in [-0.4, -0.2) is 66.7 Å². The maximum Gasteiger partial charge on any atom is 0.224 e. The highest BCUT2D eigenvalue weighted by Gasteiger charge is 2.38. The van der Waals surface area contributed by atoms with E-state index in [1.807, 2.05) is 19.0 Å². The molecule has 0 spiro atoms. The van der Waals surface area contributed by atoms with Crippen molar-refractivity contribution < 1.29 is 13.5 Å². The summed E-state index contributed by atoms with van der Waals surface area (Å²) in [6, 6.07) is -0.113. The molecule has 0 radical (unpaired) electrons. The van der Waals surface area contributed by atoms with Gasteiger partial charge in [0.05, 0.1) is 6.10 Å². The molecule has 15 heavy (non-hydrogen) atoms. The highest BCUT2D eigenvalue weighted by Crippen LogP contribution is 2.23. The van der Waals surface area contributed by atoms with Gasteiger partial charge in [0, 0.05) is 19.1 Å². The van der Waals surface area contributed by atoms with Gasteiger partial charge in [-0.05, 0) is 20.5 Å². The normalized spacial score (nSPS) is 28.9. The first-order valence-electron chi connectivity index (χ1n) is 4.75. The average Bonchev–Trinajstić information content (AvgIpc) is 2.46. The highest BCUT2D eigenvalue weighted by molar-refractivity contribution is 9.10. The van der Waals surface area contributed by atoms with Gasteiger partial charge in [0.2, 0.25) is 10.0 Å². The topological polar surface area (TPSA) is 60.9 Å². The van der Waals surface area contributed by atoms with Crippen LogP contribution in [0.4, 0.5) is 0 Å². The number of halogens is 1. The monoisotopic (exact) mass is 300 g/mol. The number of nitrogens with zero attached hydrogens (tertiary/aromatic N) is 2. The van der Waals surface area contributed by atoms with E-state index in [0.717, 1.165) is 0 Å². The van der Waals surface area contributed by atoms with E-state index in [2.05, 4.69) is 15.9 Å². The number of alkyl halides is 1. The van der Waals surface area contributed by atoms with Crippen molar-refractivity contribution in [3.8, 4) is 0 Å². The van der Waals surface area contributed by atoms with Gasteiger partial charge in [0.1, 0.15) is 4.66 Å². The van der Waals surface area contributed by atoms with Crippen molar-refractivity contribution in [1.82, 2.24) is 9.21 Å². The number of aliphatic hydroxyl groups is 1. The maximum absolute atomic E-state index is 11.7. The lowest BCUT2D eigenvalue weighted by atomic mass is 10.2. The Balaban J connectivity index is 2.77. The van der Waals surface area contributed by atoms with E-state index < -0.39 is 16.1 Å². The van der Waals surface area contributed by atoms with Crippen molar-refractivity contribution in [2.24, 2.45) is 0 Å². The fraction of sp³-hybridized carbons (Fsp3) is 1.00. The second-order valence-electron chi connectivity index (χ2n) is 4.10. The standard InChI is InChI=1S/C8H17BrN2O3S/c1-10(2)4-7-3-8(12)5-11(7)15(13,14)6-9/h7-8,12H,3-6H2,1-2H3. The lowest BCUT2D eigenvalue weighted by Crippen LogP contribution is -2.41. The summed E-state index contributed by atoms with van der Waals surface area (Å²) in [6.45, 7) is 0.857. The first kappa shape index (κ1) is 13.4. The van der Waals surface area contributed by atoms with E-state index in [-0.39, 0.29) is 17.2 Å². The molecule has 1 fully saturated rings. The SMILES string of the molecule is CN(C)CC1CC(O)CN1S(=O)(=O)CBr. The molecule has 7 heteroatoms. The Morgan fingerprint density at radius 2 is 2.13 bits per heavy atom. The second kappa shape index (κ2) is 5.09. The minimum Gasteiger partial charge on any atom is -0.392 e. The third-order valence-electron chi connectivity index (χ3n) is 2.41. The number of likely N-dealkylation sites (N-methyl/N-ethyl adjacent to an activating group) is 1. The summed E-state index contributed by atoms with van der Waals surface area (Å²) in [5, 5.41) is 9.50. The Kier molecular flexibility index (Phi) is 4.54. The Morgan fingerprint density at radius 3 is 2.60 bits per heavy atom. The van der Waals surface area contributed by atoms with E-state index in [4.69, 9.17) is 0 Å². The molecule has 1 saturated heterocycles. The number of sulfonamides is 1. The van der Waals surface area contributed by atoms with Crippen molar-refractivity contribution in [3.05, 3.63) is 0 Å². The maximum atomic E-state index is 11.7. The van der Waals surface area contributed by atoms with Crippen molar-refractivity contribution in [2.45, 2.75) is 18.6 Å². The van der Waals surface area contributed by atoms with Gasteiger partial charge in [-0.15, -0.1) is 0 Å². The Labute approximate surface area is 99.2 Å². The van der Waals surface area contributed by atoms with Gasteiger partial charge in [0.25, 0.3) is 0 Å². The minimum atomic E-state index is -3.26. The van der Waals surface area contributed by atoms with Crippen LogP contribution in [0.3, 0.4) is 0 Å². The molecule has 2 unspecified atom stereocenters. The van der Waals surface area contributed by atoms with Crippen LogP contribution in [0.5, 0.6) is 0 Å². The molecule has 90 valence electrons. The van der Waals surface area contributed by atoms with Gasteiger partial charge in [-0.3, -0.25) is 0 Å². The fourth-order valence-corrected chi connectivity index (χ4v) is 3.77. The smallest absolute Gasteiger partial charge is 0.224 e. The summed E-state index contributed by atoms with van der Waals surface area (Å²) in [7, 11) is 0.523. The van der Waals surface area contributed by atoms with Crippen molar-refractivity contribution in [1.29, 1.82) is 0 Å². The molecule has 0 aromatic heterocycles. The number of rotatable bonds is 4. The molecule has 1 heterocycles. The largest absolute Gasteiger partial charge is 0.392 e. The molecule has 0 aromatic rings. The number of hydrogen-bond donors (Lipinski definition) is 1. The Hall–Kier alpha value is 0.310. The molecule has 0 saturated carbocycles. The number of aliphatic hydroxyl groups excluding tert-OH is 1. The van der Waals surface area contributed by atoms with Crippen LogP contribution in [0.25, 0.3) is 0 Å². The highest BCUT2D eigenvalue weighted by atomic mass is 79.9. The lowest BCUT2D eigenvalue weighted by molar-refractivity contribution is 0.188. The third-order valence-corrected chi connectivity index (χ3v) is 5.59. The molecule has 1 N–H and O–H groups in total. The summed E-state index contributed by atoms with van der Waals surface area (Å²) in [5.74, 6) is 0. The molecule has 0 bridgehead atoms. The Bertz CT molecular complexity index is 307.